The molecule has 7 nitrogen and oxygen atoms in total. The number of carbonyl (C=O) groups is 1. The van der Waals surface area contributed by atoms with E-state index in [4.69, 9.17) is 20.8 Å². The molecule has 0 spiro atoms. The molecule has 2 heterocycles. The molecule has 0 aliphatic carbocycles. The van der Waals surface area contributed by atoms with Gasteiger partial charge in [-0.2, -0.15) is 0 Å². The predicted molar refractivity (Wildman–Crippen MR) is 107 cm³/mol. The molecule has 2 aromatic heterocycles. The molecule has 0 saturated heterocycles. The lowest BCUT2D eigenvalue weighted by atomic mass is 10.3. The maximum Gasteiger partial charge on any atom is 0.230 e. The SMILES string of the molecule is CCn1c(SCC(=O)NCc2ccco2)nnc1C(C)Oc1ccccc1Cl. The summed E-state index contributed by atoms with van der Waals surface area (Å²) in [6.07, 6.45) is 1.24. The lowest BCUT2D eigenvalue weighted by molar-refractivity contribution is -0.118. The predicted octanol–water partition coefficient (Wildman–Crippen LogP) is 4.09. The smallest absolute Gasteiger partial charge is 0.230 e. The summed E-state index contributed by atoms with van der Waals surface area (Å²) in [6, 6.07) is 10.9. The summed E-state index contributed by atoms with van der Waals surface area (Å²) < 4.78 is 13.1. The molecule has 3 rings (SSSR count). The third-order valence-electron chi connectivity index (χ3n) is 3.94. The molecule has 28 heavy (non-hydrogen) atoms. The highest BCUT2D eigenvalue weighted by atomic mass is 35.5. The quantitative estimate of drug-likeness (QED) is 0.525. The summed E-state index contributed by atoms with van der Waals surface area (Å²) in [5.41, 5.74) is 0. The second-order valence-corrected chi connectivity index (χ2v) is 7.27. The fourth-order valence-electron chi connectivity index (χ4n) is 2.57. The highest BCUT2D eigenvalue weighted by molar-refractivity contribution is 7.99. The van der Waals surface area contributed by atoms with Crippen molar-refractivity contribution in [3.8, 4) is 5.75 Å². The number of carbonyl (C=O) groups excluding carboxylic acids is 1. The van der Waals surface area contributed by atoms with Crippen LogP contribution in [-0.2, 0) is 17.9 Å². The number of nitrogens with zero attached hydrogens (tertiary/aromatic N) is 3. The van der Waals surface area contributed by atoms with Crippen LogP contribution in [0.3, 0.4) is 0 Å². The first-order valence-corrected chi connectivity index (χ1v) is 10.2. The summed E-state index contributed by atoms with van der Waals surface area (Å²) in [6.45, 7) is 4.91. The van der Waals surface area contributed by atoms with Crippen LogP contribution in [0.1, 0.15) is 31.5 Å². The molecule has 0 fully saturated rings. The Morgan fingerprint density at radius 1 is 1.32 bits per heavy atom. The second-order valence-electron chi connectivity index (χ2n) is 5.92. The van der Waals surface area contributed by atoms with Gasteiger partial charge < -0.3 is 19.0 Å². The first-order chi connectivity index (χ1) is 13.6. The maximum atomic E-state index is 12.1. The van der Waals surface area contributed by atoms with E-state index in [1.807, 2.05) is 42.7 Å². The van der Waals surface area contributed by atoms with E-state index < -0.39 is 0 Å². The van der Waals surface area contributed by atoms with Crippen LogP contribution in [0.25, 0.3) is 0 Å². The number of benzene rings is 1. The zero-order valence-electron chi connectivity index (χ0n) is 15.6. The number of thioether (sulfide) groups is 1. The molecule has 1 N–H and O–H groups in total. The van der Waals surface area contributed by atoms with E-state index in [0.29, 0.717) is 40.6 Å². The molecule has 0 radical (unpaired) electrons. The van der Waals surface area contributed by atoms with Crippen molar-refractivity contribution in [2.45, 2.75) is 38.2 Å². The number of rotatable bonds is 9. The molecule has 9 heteroatoms. The number of furan rings is 1. The Bertz CT molecular complexity index is 914. The van der Waals surface area contributed by atoms with Gasteiger partial charge >= 0.3 is 0 Å². The highest BCUT2D eigenvalue weighted by Crippen LogP contribution is 2.29. The van der Waals surface area contributed by atoms with Gasteiger partial charge in [-0.15, -0.1) is 10.2 Å². The molecule has 1 amide bonds. The van der Waals surface area contributed by atoms with Crippen molar-refractivity contribution in [3.63, 3.8) is 0 Å². The Hall–Kier alpha value is -2.45. The molecule has 0 saturated carbocycles. The first-order valence-electron chi connectivity index (χ1n) is 8.84. The summed E-state index contributed by atoms with van der Waals surface area (Å²) in [5, 5.41) is 12.5. The number of halogens is 1. The van der Waals surface area contributed by atoms with E-state index in [0.717, 1.165) is 0 Å². The number of nitrogens with one attached hydrogen (secondary N) is 1. The van der Waals surface area contributed by atoms with Crippen molar-refractivity contribution in [2.24, 2.45) is 0 Å². The normalized spacial score (nSPS) is 12.0. The lowest BCUT2D eigenvalue weighted by Crippen LogP contribution is -2.24. The number of amides is 1. The van der Waals surface area contributed by atoms with Crippen molar-refractivity contribution in [3.05, 3.63) is 59.3 Å². The maximum absolute atomic E-state index is 12.1. The standard InChI is InChI=1S/C19H21ClN4O3S/c1-3-24-18(13(2)27-16-9-5-4-8-15(16)20)22-23-19(24)28-12-17(25)21-11-14-7-6-10-26-14/h4-10,13H,3,11-12H2,1-2H3,(H,21,25). The second kappa shape index (κ2) is 9.66. The van der Waals surface area contributed by atoms with Gasteiger partial charge in [0.1, 0.15) is 11.5 Å². The van der Waals surface area contributed by atoms with E-state index in [1.165, 1.54) is 11.8 Å². The molecular formula is C19H21ClN4O3S. The van der Waals surface area contributed by atoms with Crippen molar-refractivity contribution >= 4 is 29.3 Å². The Balaban J connectivity index is 1.59. The van der Waals surface area contributed by atoms with Crippen LogP contribution in [0.15, 0.2) is 52.2 Å². The zero-order chi connectivity index (χ0) is 19.9. The van der Waals surface area contributed by atoms with Crippen molar-refractivity contribution in [2.75, 3.05) is 5.75 Å². The molecule has 1 aromatic carbocycles. The van der Waals surface area contributed by atoms with Crippen molar-refractivity contribution in [1.82, 2.24) is 20.1 Å². The van der Waals surface area contributed by atoms with Gasteiger partial charge in [-0.1, -0.05) is 35.5 Å². The van der Waals surface area contributed by atoms with Crippen molar-refractivity contribution in [1.29, 1.82) is 0 Å². The summed E-state index contributed by atoms with van der Waals surface area (Å²) in [7, 11) is 0. The Kier molecular flexibility index (Phi) is 7.00. The molecule has 148 valence electrons. The molecular weight excluding hydrogens is 400 g/mol. The summed E-state index contributed by atoms with van der Waals surface area (Å²) >= 11 is 7.49. The van der Waals surface area contributed by atoms with Crippen LogP contribution in [0.5, 0.6) is 5.75 Å². The van der Waals surface area contributed by atoms with Crippen LogP contribution in [0.4, 0.5) is 0 Å². The molecule has 0 bridgehead atoms. The van der Waals surface area contributed by atoms with Gasteiger partial charge in [0, 0.05) is 6.54 Å². The Morgan fingerprint density at radius 3 is 2.86 bits per heavy atom. The number of ether oxygens (including phenoxy) is 1. The monoisotopic (exact) mass is 420 g/mol. The van der Waals surface area contributed by atoms with E-state index >= 15 is 0 Å². The van der Waals surface area contributed by atoms with Gasteiger partial charge in [-0.05, 0) is 38.1 Å². The fraction of sp³-hybridized carbons (Fsp3) is 0.316. The van der Waals surface area contributed by atoms with Gasteiger partial charge in [0.25, 0.3) is 0 Å². The molecule has 0 aliphatic heterocycles. The van der Waals surface area contributed by atoms with Crippen LogP contribution in [0.2, 0.25) is 5.02 Å². The molecule has 0 aliphatic rings. The minimum atomic E-state index is -0.338. The van der Waals surface area contributed by atoms with Crippen molar-refractivity contribution < 1.29 is 13.9 Å². The van der Waals surface area contributed by atoms with Crippen LogP contribution < -0.4 is 10.1 Å². The van der Waals surface area contributed by atoms with E-state index in [2.05, 4.69) is 15.5 Å². The summed E-state index contributed by atoms with van der Waals surface area (Å²) in [4.78, 5) is 12.1. The summed E-state index contributed by atoms with van der Waals surface area (Å²) in [5.74, 6) is 2.12. The van der Waals surface area contributed by atoms with Crippen LogP contribution in [-0.4, -0.2) is 26.4 Å². The number of hydrogen-bond acceptors (Lipinski definition) is 6. The van der Waals surface area contributed by atoms with E-state index in [-0.39, 0.29) is 17.8 Å². The molecule has 1 unspecified atom stereocenters. The van der Waals surface area contributed by atoms with E-state index in [9.17, 15) is 4.79 Å². The third kappa shape index (κ3) is 5.08. The number of hydrogen-bond donors (Lipinski definition) is 1. The lowest BCUT2D eigenvalue weighted by Gasteiger charge is -2.16. The van der Waals surface area contributed by atoms with Crippen LogP contribution >= 0.6 is 23.4 Å². The first kappa shape index (κ1) is 20.3. The van der Waals surface area contributed by atoms with Crippen LogP contribution in [0, 0.1) is 0 Å². The average Bonchev–Trinajstić information content (AvgIpc) is 3.35. The number of aromatic nitrogens is 3. The van der Waals surface area contributed by atoms with Gasteiger partial charge in [0.05, 0.1) is 23.6 Å². The third-order valence-corrected chi connectivity index (χ3v) is 5.22. The zero-order valence-corrected chi connectivity index (χ0v) is 17.2. The molecule has 3 aromatic rings. The van der Waals surface area contributed by atoms with E-state index in [1.54, 1.807) is 18.4 Å². The minimum absolute atomic E-state index is 0.103. The largest absolute Gasteiger partial charge is 0.481 e. The highest BCUT2D eigenvalue weighted by Gasteiger charge is 2.20. The van der Waals surface area contributed by atoms with Gasteiger partial charge in [-0.3, -0.25) is 4.79 Å². The topological polar surface area (TPSA) is 82.2 Å². The minimum Gasteiger partial charge on any atom is -0.481 e. The van der Waals surface area contributed by atoms with Gasteiger partial charge in [0.15, 0.2) is 17.1 Å². The van der Waals surface area contributed by atoms with Gasteiger partial charge in [-0.25, -0.2) is 0 Å². The Labute approximate surface area is 172 Å². The number of para-hydroxylation sites is 1. The molecule has 1 atom stereocenters. The van der Waals surface area contributed by atoms with Gasteiger partial charge in [0.2, 0.25) is 5.91 Å². The average molecular weight is 421 g/mol. The Morgan fingerprint density at radius 2 is 2.14 bits per heavy atom. The fourth-order valence-corrected chi connectivity index (χ4v) is 3.59.